The van der Waals surface area contributed by atoms with E-state index in [0.717, 1.165) is 11.3 Å². The second kappa shape index (κ2) is 9.78. The van der Waals surface area contributed by atoms with E-state index in [1.807, 2.05) is 31.2 Å². The number of aromatic nitrogens is 1. The van der Waals surface area contributed by atoms with Gasteiger partial charge < -0.3 is 19.4 Å². The van der Waals surface area contributed by atoms with Crippen molar-refractivity contribution in [2.24, 2.45) is 5.92 Å². The van der Waals surface area contributed by atoms with Crippen LogP contribution in [-0.4, -0.2) is 34.2 Å². The number of carbonyl (C=O) groups is 3. The first-order chi connectivity index (χ1) is 15.5. The van der Waals surface area contributed by atoms with Crippen LogP contribution in [0.15, 0.2) is 52.5 Å². The third-order valence-corrected chi connectivity index (χ3v) is 5.98. The molecule has 4 rings (SSSR count). The van der Waals surface area contributed by atoms with Gasteiger partial charge in [0.1, 0.15) is 17.4 Å². The fourth-order valence-corrected chi connectivity index (χ4v) is 4.19. The molecule has 1 N–H and O–H groups in total. The van der Waals surface area contributed by atoms with Gasteiger partial charge in [-0.2, -0.15) is 0 Å². The van der Waals surface area contributed by atoms with Crippen molar-refractivity contribution in [2.45, 2.75) is 32.9 Å². The lowest BCUT2D eigenvalue weighted by atomic mass is 10.1. The third-order valence-electron chi connectivity index (χ3n) is 5.08. The first-order valence-corrected chi connectivity index (χ1v) is 11.1. The summed E-state index contributed by atoms with van der Waals surface area (Å²) in [4.78, 5) is 42.8. The molecule has 1 aliphatic heterocycles. The molecule has 0 saturated carbocycles. The standard InChI is InChI=1S/C23H23N3O5S/c1-15-4-6-17(7-5-15)24-20(27)10-21-25-18(14-32-21)13-31-23(29)16-9-22(28)26(11-16)12-19-3-2-8-30-19/h2-8,14,16H,9-13H2,1H3,(H,24,27). The number of hydrogen-bond donors (Lipinski definition) is 1. The minimum absolute atomic E-state index is 0.0117. The molecule has 0 aliphatic carbocycles. The van der Waals surface area contributed by atoms with Crippen LogP contribution in [0.3, 0.4) is 0 Å². The molecule has 2 amide bonds. The summed E-state index contributed by atoms with van der Waals surface area (Å²) in [7, 11) is 0. The molecule has 32 heavy (non-hydrogen) atoms. The Morgan fingerprint density at radius 2 is 2.09 bits per heavy atom. The lowest BCUT2D eigenvalue weighted by Gasteiger charge is -2.14. The summed E-state index contributed by atoms with van der Waals surface area (Å²) in [6.07, 6.45) is 1.82. The molecule has 1 unspecified atom stereocenters. The maximum atomic E-state index is 12.4. The molecule has 2 aromatic heterocycles. The maximum absolute atomic E-state index is 12.4. The second-order valence-corrected chi connectivity index (χ2v) is 8.63. The van der Waals surface area contributed by atoms with E-state index < -0.39 is 11.9 Å². The van der Waals surface area contributed by atoms with E-state index in [1.165, 1.54) is 11.3 Å². The number of furan rings is 1. The van der Waals surface area contributed by atoms with E-state index in [-0.39, 0.29) is 31.3 Å². The summed E-state index contributed by atoms with van der Waals surface area (Å²) < 4.78 is 10.6. The van der Waals surface area contributed by atoms with Crippen LogP contribution in [0.1, 0.15) is 28.4 Å². The van der Waals surface area contributed by atoms with Gasteiger partial charge in [0, 0.05) is 24.0 Å². The van der Waals surface area contributed by atoms with Crippen molar-refractivity contribution in [3.63, 3.8) is 0 Å². The number of thiazole rings is 1. The van der Waals surface area contributed by atoms with Gasteiger partial charge in [0.05, 0.1) is 30.8 Å². The normalized spacial score (nSPS) is 15.7. The SMILES string of the molecule is Cc1ccc(NC(=O)Cc2nc(COC(=O)C3CC(=O)N(Cc4ccco4)C3)cs2)cc1. The van der Waals surface area contributed by atoms with Gasteiger partial charge in [0.25, 0.3) is 0 Å². The molecule has 9 heteroatoms. The highest BCUT2D eigenvalue weighted by Gasteiger charge is 2.35. The fraction of sp³-hybridized carbons (Fsp3) is 0.304. The van der Waals surface area contributed by atoms with Crippen molar-refractivity contribution in [3.05, 3.63) is 70.1 Å². The van der Waals surface area contributed by atoms with Crippen molar-refractivity contribution >= 4 is 34.8 Å². The van der Waals surface area contributed by atoms with Crippen LogP contribution in [0.25, 0.3) is 0 Å². The largest absolute Gasteiger partial charge is 0.467 e. The number of likely N-dealkylation sites (tertiary alicyclic amines) is 1. The van der Waals surface area contributed by atoms with Crippen LogP contribution in [-0.2, 0) is 38.7 Å². The molecular weight excluding hydrogens is 430 g/mol. The Morgan fingerprint density at radius 3 is 2.84 bits per heavy atom. The predicted octanol–water partition coefficient (Wildman–Crippen LogP) is 3.32. The number of carbonyl (C=O) groups excluding carboxylic acids is 3. The van der Waals surface area contributed by atoms with Crippen LogP contribution in [0, 0.1) is 12.8 Å². The smallest absolute Gasteiger partial charge is 0.311 e. The second-order valence-electron chi connectivity index (χ2n) is 7.69. The summed E-state index contributed by atoms with van der Waals surface area (Å²) in [6, 6.07) is 11.1. The van der Waals surface area contributed by atoms with E-state index >= 15 is 0 Å². The van der Waals surface area contributed by atoms with Crippen molar-refractivity contribution in [1.82, 2.24) is 9.88 Å². The first-order valence-electron chi connectivity index (χ1n) is 10.2. The lowest BCUT2D eigenvalue weighted by Crippen LogP contribution is -2.26. The molecule has 1 saturated heterocycles. The summed E-state index contributed by atoms with van der Waals surface area (Å²) in [6.45, 7) is 2.64. The monoisotopic (exact) mass is 453 g/mol. The summed E-state index contributed by atoms with van der Waals surface area (Å²) >= 11 is 1.34. The topological polar surface area (TPSA) is 102 Å². The fourth-order valence-electron chi connectivity index (χ4n) is 3.41. The molecule has 3 heterocycles. The van der Waals surface area contributed by atoms with Gasteiger partial charge in [0.2, 0.25) is 11.8 Å². The van der Waals surface area contributed by atoms with Crippen molar-refractivity contribution in [3.8, 4) is 0 Å². The predicted molar refractivity (Wildman–Crippen MR) is 118 cm³/mol. The molecule has 1 fully saturated rings. The number of ether oxygens (including phenoxy) is 1. The molecule has 1 aliphatic rings. The zero-order valence-electron chi connectivity index (χ0n) is 17.6. The Hall–Kier alpha value is -3.46. The van der Waals surface area contributed by atoms with E-state index in [1.54, 1.807) is 28.7 Å². The first kappa shape index (κ1) is 21.8. The van der Waals surface area contributed by atoms with Gasteiger partial charge in [0.15, 0.2) is 0 Å². The number of anilines is 1. The minimum Gasteiger partial charge on any atom is -0.467 e. The maximum Gasteiger partial charge on any atom is 0.311 e. The van der Waals surface area contributed by atoms with Crippen molar-refractivity contribution in [1.29, 1.82) is 0 Å². The number of rotatable bonds is 8. The number of esters is 1. The van der Waals surface area contributed by atoms with Gasteiger partial charge in [-0.05, 0) is 31.2 Å². The van der Waals surface area contributed by atoms with Crippen LogP contribution in [0.4, 0.5) is 5.69 Å². The van der Waals surface area contributed by atoms with Gasteiger partial charge >= 0.3 is 5.97 Å². The Balaban J connectivity index is 1.23. The molecule has 0 bridgehead atoms. The summed E-state index contributed by atoms with van der Waals surface area (Å²) in [5, 5.41) is 5.25. The Kier molecular flexibility index (Phi) is 6.65. The van der Waals surface area contributed by atoms with Gasteiger partial charge in [-0.15, -0.1) is 11.3 Å². The van der Waals surface area contributed by atoms with E-state index in [4.69, 9.17) is 9.15 Å². The van der Waals surface area contributed by atoms with Gasteiger partial charge in [-0.3, -0.25) is 14.4 Å². The Labute approximate surface area is 189 Å². The van der Waals surface area contributed by atoms with Crippen LogP contribution in [0.5, 0.6) is 0 Å². The quantitative estimate of drug-likeness (QED) is 0.525. The number of nitrogens with one attached hydrogen (secondary N) is 1. The number of benzene rings is 1. The highest BCUT2D eigenvalue weighted by molar-refractivity contribution is 7.09. The molecule has 3 aromatic rings. The van der Waals surface area contributed by atoms with Crippen molar-refractivity contribution < 1.29 is 23.5 Å². The molecule has 0 spiro atoms. The zero-order valence-corrected chi connectivity index (χ0v) is 18.4. The molecule has 1 atom stereocenters. The van der Waals surface area contributed by atoms with Gasteiger partial charge in [-0.25, -0.2) is 4.98 Å². The van der Waals surface area contributed by atoms with Crippen LogP contribution in [0.2, 0.25) is 0 Å². The number of hydrogen-bond acceptors (Lipinski definition) is 7. The van der Waals surface area contributed by atoms with Crippen LogP contribution >= 0.6 is 11.3 Å². The average molecular weight is 454 g/mol. The van der Waals surface area contributed by atoms with Gasteiger partial charge in [-0.1, -0.05) is 17.7 Å². The summed E-state index contributed by atoms with van der Waals surface area (Å²) in [5.74, 6) is -0.511. The average Bonchev–Trinajstić information content (AvgIpc) is 3.51. The number of nitrogens with zero attached hydrogens (tertiary/aromatic N) is 2. The molecule has 8 nitrogen and oxygen atoms in total. The highest BCUT2D eigenvalue weighted by atomic mass is 32.1. The van der Waals surface area contributed by atoms with E-state index in [9.17, 15) is 14.4 Å². The minimum atomic E-state index is -0.504. The van der Waals surface area contributed by atoms with Crippen LogP contribution < -0.4 is 5.32 Å². The Morgan fingerprint density at radius 1 is 1.28 bits per heavy atom. The van der Waals surface area contributed by atoms with E-state index in [2.05, 4.69) is 10.3 Å². The molecule has 1 aromatic carbocycles. The molecule has 166 valence electrons. The van der Waals surface area contributed by atoms with E-state index in [0.29, 0.717) is 29.6 Å². The summed E-state index contributed by atoms with van der Waals surface area (Å²) in [5.41, 5.74) is 2.44. The highest BCUT2D eigenvalue weighted by Crippen LogP contribution is 2.22. The lowest BCUT2D eigenvalue weighted by molar-refractivity contribution is -0.149. The molecular formula is C23H23N3O5S. The Bertz CT molecular complexity index is 1090. The molecule has 0 radical (unpaired) electrons. The third kappa shape index (κ3) is 5.61. The number of aryl methyl sites for hydroxylation is 1. The number of amides is 2. The van der Waals surface area contributed by atoms with Crippen molar-refractivity contribution in [2.75, 3.05) is 11.9 Å². The zero-order chi connectivity index (χ0) is 22.5.